The minimum absolute atomic E-state index is 0.0533. The molecule has 1 aliphatic heterocycles. The highest BCUT2D eigenvalue weighted by atomic mass is 32.2. The summed E-state index contributed by atoms with van der Waals surface area (Å²) >= 11 is 0. The Balaban J connectivity index is 2.14. The van der Waals surface area contributed by atoms with Gasteiger partial charge >= 0.3 is 6.18 Å². The van der Waals surface area contributed by atoms with E-state index in [1.807, 2.05) is 0 Å². The van der Waals surface area contributed by atoms with E-state index in [1.165, 1.54) is 32.2 Å². The number of aromatic nitrogens is 1. The molecule has 0 saturated carbocycles. The second kappa shape index (κ2) is 9.19. The Morgan fingerprint density at radius 3 is 2.56 bits per heavy atom. The van der Waals surface area contributed by atoms with Gasteiger partial charge in [-0.25, -0.2) is 9.37 Å². The van der Waals surface area contributed by atoms with Crippen molar-refractivity contribution >= 4 is 27.5 Å². The molecule has 0 spiro atoms. The number of hydrogen-bond acceptors (Lipinski definition) is 7. The first-order chi connectivity index (χ1) is 15.7. The van der Waals surface area contributed by atoms with Crippen LogP contribution in [0, 0.1) is 24.1 Å². The Kier molecular flexibility index (Phi) is 6.86. The summed E-state index contributed by atoms with van der Waals surface area (Å²) in [6, 6.07) is 5.79. The molecule has 2 heterocycles. The molecule has 1 aliphatic rings. The summed E-state index contributed by atoms with van der Waals surface area (Å²) in [5, 5.41) is 9.53. The van der Waals surface area contributed by atoms with E-state index in [9.17, 15) is 36.0 Å². The summed E-state index contributed by atoms with van der Waals surface area (Å²) in [4.78, 5) is 19.7. The highest BCUT2D eigenvalue weighted by molar-refractivity contribution is 7.86. The molecule has 0 bridgehead atoms. The molecule has 2 aromatic rings. The summed E-state index contributed by atoms with van der Waals surface area (Å²) in [5.74, 6) is -1.83. The maximum absolute atomic E-state index is 13.7. The van der Waals surface area contributed by atoms with E-state index < -0.39 is 57.1 Å². The van der Waals surface area contributed by atoms with Gasteiger partial charge in [0.2, 0.25) is 0 Å². The molecule has 1 aromatic carbocycles. The quantitative estimate of drug-likeness (QED) is 0.459. The average molecular weight is 500 g/mol. The number of rotatable bonds is 5. The molecule has 1 saturated heterocycles. The number of pyridine rings is 1. The van der Waals surface area contributed by atoms with Crippen LogP contribution in [0.1, 0.15) is 23.2 Å². The maximum Gasteiger partial charge on any atom is 0.417 e. The summed E-state index contributed by atoms with van der Waals surface area (Å²) in [6.07, 6.45) is -5.42. The summed E-state index contributed by atoms with van der Waals surface area (Å²) < 4.78 is 83.2. The Morgan fingerprint density at radius 1 is 1.32 bits per heavy atom. The van der Waals surface area contributed by atoms with E-state index in [0.29, 0.717) is 0 Å². The van der Waals surface area contributed by atoms with Crippen LogP contribution in [0.3, 0.4) is 0 Å². The van der Waals surface area contributed by atoms with Gasteiger partial charge in [-0.15, -0.1) is 0 Å². The molecule has 0 N–H and O–H groups in total. The third kappa shape index (κ3) is 5.28. The normalized spacial score (nSPS) is 18.6. The second-order valence-electron chi connectivity index (χ2n) is 7.76. The third-order valence-corrected chi connectivity index (χ3v) is 5.83. The summed E-state index contributed by atoms with van der Waals surface area (Å²) in [7, 11) is -2.75. The molecule has 0 aliphatic carbocycles. The largest absolute Gasteiger partial charge is 0.417 e. The fraction of sp³-hybridized carbons (Fsp3) is 0.381. The van der Waals surface area contributed by atoms with Gasteiger partial charge in [0.05, 0.1) is 11.8 Å². The van der Waals surface area contributed by atoms with E-state index in [-0.39, 0.29) is 24.3 Å². The van der Waals surface area contributed by atoms with Gasteiger partial charge in [-0.05, 0) is 37.6 Å². The van der Waals surface area contributed by atoms with E-state index in [1.54, 1.807) is 0 Å². The number of halogens is 4. The Bertz CT molecular complexity index is 1260. The minimum atomic E-state index is -4.87. The van der Waals surface area contributed by atoms with Crippen LogP contribution in [0.4, 0.5) is 29.1 Å². The number of carbonyl (C=O) groups is 1. The number of amides is 1. The van der Waals surface area contributed by atoms with Gasteiger partial charge < -0.3 is 9.80 Å². The van der Waals surface area contributed by atoms with Crippen LogP contribution in [0.25, 0.3) is 0 Å². The number of nitrogens with zero attached hydrogens (tertiary/aromatic N) is 4. The van der Waals surface area contributed by atoms with Crippen molar-refractivity contribution in [1.82, 2.24) is 4.98 Å². The van der Waals surface area contributed by atoms with Gasteiger partial charge in [-0.1, -0.05) is 6.07 Å². The first-order valence-corrected chi connectivity index (χ1v) is 11.7. The van der Waals surface area contributed by atoms with Crippen LogP contribution >= 0.6 is 0 Å². The predicted molar refractivity (Wildman–Crippen MR) is 114 cm³/mol. The van der Waals surface area contributed by atoms with Crippen LogP contribution in [-0.2, 0) is 25.3 Å². The van der Waals surface area contributed by atoms with Crippen LogP contribution in [0.5, 0.6) is 0 Å². The van der Waals surface area contributed by atoms with Gasteiger partial charge in [0, 0.05) is 25.0 Å². The van der Waals surface area contributed by atoms with E-state index in [4.69, 9.17) is 4.18 Å². The van der Waals surface area contributed by atoms with E-state index in [0.717, 1.165) is 34.3 Å². The van der Waals surface area contributed by atoms with Gasteiger partial charge in [0.1, 0.15) is 35.4 Å². The number of likely N-dealkylation sites (N-methyl/N-ethyl adjacent to an activating group) is 1. The topological polar surface area (TPSA) is 104 Å². The van der Waals surface area contributed by atoms with Crippen molar-refractivity contribution in [3.05, 3.63) is 53.0 Å². The Morgan fingerprint density at radius 2 is 2.00 bits per heavy atom. The zero-order valence-corrected chi connectivity index (χ0v) is 19.1. The van der Waals surface area contributed by atoms with Gasteiger partial charge in [0.15, 0.2) is 0 Å². The van der Waals surface area contributed by atoms with Crippen LogP contribution in [-0.4, -0.2) is 51.3 Å². The van der Waals surface area contributed by atoms with Crippen molar-refractivity contribution < 1.29 is 35.0 Å². The Labute approximate surface area is 193 Å². The number of hydrogen-bond donors (Lipinski definition) is 0. The van der Waals surface area contributed by atoms with Crippen molar-refractivity contribution in [2.75, 3.05) is 29.6 Å². The van der Waals surface area contributed by atoms with Crippen molar-refractivity contribution in [3.8, 4) is 6.07 Å². The second-order valence-corrected chi connectivity index (χ2v) is 9.36. The lowest BCUT2D eigenvalue weighted by Gasteiger charge is -2.32. The first-order valence-electron chi connectivity index (χ1n) is 9.90. The van der Waals surface area contributed by atoms with Crippen molar-refractivity contribution in [2.45, 2.75) is 31.7 Å². The molecular weight excluding hydrogens is 480 g/mol. The molecule has 0 unspecified atom stereocenters. The highest BCUT2D eigenvalue weighted by Crippen LogP contribution is 2.38. The molecule has 3 rings (SSSR count). The maximum atomic E-state index is 13.7. The number of anilines is 2. The molecule has 1 amide bonds. The third-order valence-electron chi connectivity index (χ3n) is 5.24. The highest BCUT2D eigenvalue weighted by Gasteiger charge is 2.46. The monoisotopic (exact) mass is 500 g/mol. The van der Waals surface area contributed by atoms with Crippen molar-refractivity contribution in [1.29, 1.82) is 5.26 Å². The van der Waals surface area contributed by atoms with Crippen LogP contribution in [0.2, 0.25) is 0 Å². The number of carbonyl (C=O) groups excluding carboxylic acids is 1. The molecule has 8 nitrogen and oxygen atoms in total. The zero-order chi connectivity index (χ0) is 25.4. The number of aryl methyl sites for hydroxylation is 1. The fourth-order valence-corrected chi connectivity index (χ4v) is 4.48. The molecule has 0 radical (unpaired) electrons. The smallest absolute Gasteiger partial charge is 0.341 e. The first kappa shape index (κ1) is 25.4. The molecule has 1 fully saturated rings. The van der Waals surface area contributed by atoms with Gasteiger partial charge in [-0.2, -0.15) is 26.9 Å². The standard InChI is InChI=1S/C21H20F4N4O4S/c1-12-9-16(21(23,24)25)15(11-26)19(27-12)29-8-7-17(33-34(3,31)32)18(29)20(30)28(2)14-6-4-5-13(22)10-14/h4-6,9-10,17-18H,7-8H2,1-3H3/t17-,18-/m0/s1. The van der Waals surface area contributed by atoms with Crippen LogP contribution in [0.15, 0.2) is 30.3 Å². The molecular formula is C21H20F4N4O4S. The molecule has 34 heavy (non-hydrogen) atoms. The Hall–Kier alpha value is -3.24. The number of benzene rings is 1. The lowest BCUT2D eigenvalue weighted by molar-refractivity contribution is -0.137. The molecule has 1 aromatic heterocycles. The summed E-state index contributed by atoms with van der Waals surface area (Å²) in [5.41, 5.74) is -1.96. The van der Waals surface area contributed by atoms with Gasteiger partial charge in [0.25, 0.3) is 16.0 Å². The number of alkyl halides is 3. The fourth-order valence-electron chi connectivity index (χ4n) is 3.83. The lowest BCUT2D eigenvalue weighted by Crippen LogP contribution is -2.50. The number of nitriles is 1. The minimum Gasteiger partial charge on any atom is -0.341 e. The zero-order valence-electron chi connectivity index (χ0n) is 18.3. The lowest BCUT2D eigenvalue weighted by atomic mass is 10.1. The predicted octanol–water partition coefficient (Wildman–Crippen LogP) is 3.01. The van der Waals surface area contributed by atoms with Gasteiger partial charge in [-0.3, -0.25) is 8.98 Å². The SMILES string of the molecule is Cc1cc(C(F)(F)F)c(C#N)c(N2CC[C@H](OS(C)(=O)=O)[C@H]2C(=O)N(C)c2cccc(F)c2)n1. The molecule has 2 atom stereocenters. The summed E-state index contributed by atoms with van der Waals surface area (Å²) in [6.45, 7) is 1.19. The van der Waals surface area contributed by atoms with Crippen molar-refractivity contribution in [3.63, 3.8) is 0 Å². The molecule has 13 heteroatoms. The van der Waals surface area contributed by atoms with E-state index >= 15 is 0 Å². The average Bonchev–Trinajstić information content (AvgIpc) is 3.12. The van der Waals surface area contributed by atoms with Crippen molar-refractivity contribution in [2.24, 2.45) is 0 Å². The van der Waals surface area contributed by atoms with Crippen LogP contribution < -0.4 is 9.80 Å². The molecule has 182 valence electrons. The van der Waals surface area contributed by atoms with E-state index in [2.05, 4.69) is 4.98 Å².